The number of nitrogens with one attached hydrogen (secondary N) is 1. The Balaban J connectivity index is 2.10. The van der Waals surface area contributed by atoms with E-state index in [4.69, 9.17) is 4.74 Å². The Morgan fingerprint density at radius 3 is 2.56 bits per heavy atom. The first kappa shape index (κ1) is 13.2. The molecular formula is C14H22N2O2. The molecule has 1 heterocycles. The summed E-state index contributed by atoms with van der Waals surface area (Å²) >= 11 is 0. The minimum atomic E-state index is -0.113. The average molecular weight is 250 g/mol. The molecule has 0 unspecified atom stereocenters. The first-order chi connectivity index (χ1) is 8.74. The second-order valence-corrected chi connectivity index (χ2v) is 4.85. The topological polar surface area (TPSA) is 44.7 Å². The fourth-order valence-corrected chi connectivity index (χ4v) is 2.55. The number of hydrogen-bond acceptors (Lipinski definition) is 4. The van der Waals surface area contributed by atoms with E-state index in [0.717, 1.165) is 37.4 Å². The summed E-state index contributed by atoms with van der Waals surface area (Å²) in [6.07, 6.45) is 1.89. The number of methoxy groups -OCH3 is 1. The van der Waals surface area contributed by atoms with Crippen molar-refractivity contribution < 1.29 is 9.84 Å². The van der Waals surface area contributed by atoms with E-state index in [9.17, 15) is 5.11 Å². The van der Waals surface area contributed by atoms with Crippen molar-refractivity contribution in [3.8, 4) is 5.75 Å². The van der Waals surface area contributed by atoms with Crippen LogP contribution in [0.4, 0.5) is 5.69 Å². The number of piperidine rings is 1. The maximum Gasteiger partial charge on any atom is 0.142 e. The molecule has 1 fully saturated rings. The Morgan fingerprint density at radius 2 is 2.00 bits per heavy atom. The monoisotopic (exact) mass is 250 g/mol. The highest BCUT2D eigenvalue weighted by Gasteiger charge is 2.32. The van der Waals surface area contributed by atoms with Gasteiger partial charge in [-0.1, -0.05) is 12.1 Å². The van der Waals surface area contributed by atoms with Gasteiger partial charge in [0.05, 0.1) is 19.4 Å². The van der Waals surface area contributed by atoms with Gasteiger partial charge in [0, 0.05) is 18.6 Å². The van der Waals surface area contributed by atoms with E-state index in [-0.39, 0.29) is 12.1 Å². The summed E-state index contributed by atoms with van der Waals surface area (Å²) in [7, 11) is 3.63. The van der Waals surface area contributed by atoms with Crippen LogP contribution in [0.2, 0.25) is 0 Å². The third kappa shape index (κ3) is 2.44. The van der Waals surface area contributed by atoms with Gasteiger partial charge in [-0.3, -0.25) is 0 Å². The molecule has 0 aromatic heterocycles. The molecule has 1 aliphatic heterocycles. The molecule has 0 bridgehead atoms. The van der Waals surface area contributed by atoms with Gasteiger partial charge >= 0.3 is 0 Å². The van der Waals surface area contributed by atoms with Gasteiger partial charge < -0.3 is 20.1 Å². The number of aliphatic hydroxyl groups is 1. The molecule has 1 aromatic rings. The third-order valence-corrected chi connectivity index (χ3v) is 3.98. The lowest BCUT2D eigenvalue weighted by molar-refractivity contribution is 0.142. The number of nitrogens with zero attached hydrogens (tertiary/aromatic N) is 1. The standard InChI is InChI=1S/C14H22N2O2/c1-15-14(11-17)7-9-16(10-8-14)12-5-3-4-6-13(12)18-2/h3-6,15,17H,7-11H2,1-2H3. The van der Waals surface area contributed by atoms with E-state index in [1.165, 1.54) is 0 Å². The van der Waals surface area contributed by atoms with Crippen molar-refractivity contribution in [1.82, 2.24) is 5.32 Å². The summed E-state index contributed by atoms with van der Waals surface area (Å²) in [6, 6.07) is 8.09. The fraction of sp³-hybridized carbons (Fsp3) is 0.571. The zero-order chi connectivity index (χ0) is 13.0. The Bertz CT molecular complexity index is 381. The third-order valence-electron chi connectivity index (χ3n) is 3.98. The lowest BCUT2D eigenvalue weighted by atomic mass is 9.88. The van der Waals surface area contributed by atoms with Gasteiger partial charge in [-0.25, -0.2) is 0 Å². The highest BCUT2D eigenvalue weighted by molar-refractivity contribution is 5.58. The largest absolute Gasteiger partial charge is 0.495 e. The van der Waals surface area contributed by atoms with Crippen LogP contribution in [0, 0.1) is 0 Å². The molecule has 100 valence electrons. The van der Waals surface area contributed by atoms with Crippen LogP contribution < -0.4 is 15.0 Å². The Morgan fingerprint density at radius 1 is 1.33 bits per heavy atom. The summed E-state index contributed by atoms with van der Waals surface area (Å²) in [4.78, 5) is 2.32. The predicted octanol–water partition coefficient (Wildman–Crippen LogP) is 1.25. The molecule has 0 aliphatic carbocycles. The van der Waals surface area contributed by atoms with E-state index in [0.29, 0.717) is 0 Å². The normalized spacial score (nSPS) is 18.7. The van der Waals surface area contributed by atoms with E-state index < -0.39 is 0 Å². The zero-order valence-electron chi connectivity index (χ0n) is 11.1. The van der Waals surface area contributed by atoms with Crippen molar-refractivity contribution in [3.63, 3.8) is 0 Å². The van der Waals surface area contributed by atoms with Crippen molar-refractivity contribution in [2.75, 3.05) is 38.8 Å². The lowest BCUT2D eigenvalue weighted by Gasteiger charge is -2.41. The van der Waals surface area contributed by atoms with Gasteiger partial charge in [-0.05, 0) is 32.0 Å². The van der Waals surface area contributed by atoms with Crippen LogP contribution in [-0.2, 0) is 0 Å². The smallest absolute Gasteiger partial charge is 0.142 e. The van der Waals surface area contributed by atoms with E-state index in [1.807, 2.05) is 25.2 Å². The molecule has 0 amide bonds. The molecule has 0 saturated carbocycles. The number of ether oxygens (including phenoxy) is 1. The number of rotatable bonds is 4. The van der Waals surface area contributed by atoms with Gasteiger partial charge in [0.25, 0.3) is 0 Å². The van der Waals surface area contributed by atoms with Crippen LogP contribution in [0.5, 0.6) is 5.75 Å². The van der Waals surface area contributed by atoms with Crippen LogP contribution in [0.25, 0.3) is 0 Å². The van der Waals surface area contributed by atoms with Crippen LogP contribution >= 0.6 is 0 Å². The number of benzene rings is 1. The number of anilines is 1. The van der Waals surface area contributed by atoms with Crippen LogP contribution in [0.1, 0.15) is 12.8 Å². The average Bonchev–Trinajstić information content (AvgIpc) is 2.47. The minimum absolute atomic E-state index is 0.113. The highest BCUT2D eigenvalue weighted by atomic mass is 16.5. The SMILES string of the molecule is CNC1(CO)CCN(c2ccccc2OC)CC1. The first-order valence-corrected chi connectivity index (χ1v) is 6.42. The highest BCUT2D eigenvalue weighted by Crippen LogP contribution is 2.32. The van der Waals surface area contributed by atoms with Gasteiger partial charge in [-0.15, -0.1) is 0 Å². The number of likely N-dealkylation sites (N-methyl/N-ethyl adjacent to an activating group) is 1. The molecule has 0 atom stereocenters. The molecule has 18 heavy (non-hydrogen) atoms. The molecule has 0 spiro atoms. The molecule has 4 nitrogen and oxygen atoms in total. The molecule has 4 heteroatoms. The first-order valence-electron chi connectivity index (χ1n) is 6.42. The van der Waals surface area contributed by atoms with Crippen molar-refractivity contribution >= 4 is 5.69 Å². The fourth-order valence-electron chi connectivity index (χ4n) is 2.55. The molecule has 2 rings (SSSR count). The van der Waals surface area contributed by atoms with Gasteiger partial charge in [-0.2, -0.15) is 0 Å². The van der Waals surface area contributed by atoms with Gasteiger partial charge in [0.2, 0.25) is 0 Å². The second-order valence-electron chi connectivity index (χ2n) is 4.85. The van der Waals surface area contributed by atoms with Gasteiger partial charge in [0.15, 0.2) is 0 Å². The number of para-hydroxylation sites is 2. The van der Waals surface area contributed by atoms with E-state index in [2.05, 4.69) is 16.3 Å². The van der Waals surface area contributed by atoms with Crippen LogP contribution in [-0.4, -0.2) is 44.5 Å². The van der Waals surface area contributed by atoms with Crippen molar-refractivity contribution in [2.24, 2.45) is 0 Å². The number of aliphatic hydroxyl groups excluding tert-OH is 1. The quantitative estimate of drug-likeness (QED) is 0.844. The second kappa shape index (κ2) is 5.59. The molecule has 2 N–H and O–H groups in total. The molecule has 0 radical (unpaired) electrons. The Kier molecular flexibility index (Phi) is 4.09. The molecule has 1 saturated heterocycles. The van der Waals surface area contributed by atoms with Crippen molar-refractivity contribution in [2.45, 2.75) is 18.4 Å². The van der Waals surface area contributed by atoms with Crippen molar-refractivity contribution in [3.05, 3.63) is 24.3 Å². The van der Waals surface area contributed by atoms with Crippen LogP contribution in [0.15, 0.2) is 24.3 Å². The summed E-state index contributed by atoms with van der Waals surface area (Å²) in [6.45, 7) is 2.06. The summed E-state index contributed by atoms with van der Waals surface area (Å²) in [5.41, 5.74) is 1.03. The summed E-state index contributed by atoms with van der Waals surface area (Å²) < 4.78 is 5.40. The number of hydrogen-bond donors (Lipinski definition) is 2. The Hall–Kier alpha value is -1.26. The predicted molar refractivity (Wildman–Crippen MR) is 73.3 cm³/mol. The minimum Gasteiger partial charge on any atom is -0.495 e. The summed E-state index contributed by atoms with van der Waals surface area (Å²) in [5.74, 6) is 0.915. The van der Waals surface area contributed by atoms with E-state index in [1.54, 1.807) is 7.11 Å². The van der Waals surface area contributed by atoms with Crippen LogP contribution in [0.3, 0.4) is 0 Å². The summed E-state index contributed by atoms with van der Waals surface area (Å²) in [5, 5.41) is 12.8. The lowest BCUT2D eigenvalue weighted by Crippen LogP contribution is -2.54. The molecular weight excluding hydrogens is 228 g/mol. The van der Waals surface area contributed by atoms with Gasteiger partial charge in [0.1, 0.15) is 5.75 Å². The maximum absolute atomic E-state index is 9.49. The Labute approximate surface area is 109 Å². The van der Waals surface area contributed by atoms with Crippen molar-refractivity contribution in [1.29, 1.82) is 0 Å². The molecule has 1 aromatic carbocycles. The molecule has 1 aliphatic rings. The zero-order valence-corrected chi connectivity index (χ0v) is 11.1. The maximum atomic E-state index is 9.49. The van der Waals surface area contributed by atoms with E-state index >= 15 is 0 Å².